The van der Waals surface area contributed by atoms with E-state index in [4.69, 9.17) is 32.0 Å². The molecule has 4 aromatic rings. The molecule has 0 saturated heterocycles. The highest BCUT2D eigenvalue weighted by molar-refractivity contribution is 6.35. The molecule has 0 fully saturated rings. The van der Waals surface area contributed by atoms with E-state index in [9.17, 15) is 0 Å². The van der Waals surface area contributed by atoms with E-state index in [1.165, 1.54) is 0 Å². The highest BCUT2D eigenvalue weighted by Gasteiger charge is 2.14. The van der Waals surface area contributed by atoms with Crippen molar-refractivity contribution in [3.05, 3.63) is 58.6 Å². The van der Waals surface area contributed by atoms with Gasteiger partial charge in [-0.15, -0.1) is 10.2 Å². The third kappa shape index (κ3) is 2.50. The first-order valence-corrected chi connectivity index (χ1v) is 7.64. The summed E-state index contributed by atoms with van der Waals surface area (Å²) in [7, 11) is 0. The number of aryl methyl sites for hydroxylation is 1. The molecule has 2 heterocycles. The molecule has 4 rings (SSSR count). The zero-order valence-corrected chi connectivity index (χ0v) is 13.5. The lowest BCUT2D eigenvalue weighted by atomic mass is 10.0. The SMILES string of the molecule is Cc1nnc(-c2ccc3occ(-c4cc(Cl)ccc4Cl)c3c2)o1. The van der Waals surface area contributed by atoms with Crippen LogP contribution in [0.15, 0.2) is 51.5 Å². The normalized spacial score (nSPS) is 11.3. The minimum Gasteiger partial charge on any atom is -0.464 e. The molecule has 0 aliphatic carbocycles. The maximum Gasteiger partial charge on any atom is 0.247 e. The fraction of sp³-hybridized carbons (Fsp3) is 0.0588. The van der Waals surface area contributed by atoms with Gasteiger partial charge in [-0.1, -0.05) is 23.2 Å². The molecule has 0 radical (unpaired) electrons. The van der Waals surface area contributed by atoms with Crippen LogP contribution in [0.5, 0.6) is 0 Å². The van der Waals surface area contributed by atoms with Crippen molar-refractivity contribution >= 4 is 34.2 Å². The number of hydrogen-bond donors (Lipinski definition) is 0. The van der Waals surface area contributed by atoms with Crippen LogP contribution in [0, 0.1) is 6.92 Å². The van der Waals surface area contributed by atoms with Crippen LogP contribution >= 0.6 is 23.2 Å². The summed E-state index contributed by atoms with van der Waals surface area (Å²) in [6, 6.07) is 11.0. The van der Waals surface area contributed by atoms with E-state index in [0.29, 0.717) is 21.8 Å². The summed E-state index contributed by atoms with van der Waals surface area (Å²) in [5.41, 5.74) is 3.25. The van der Waals surface area contributed by atoms with E-state index >= 15 is 0 Å². The fourth-order valence-electron chi connectivity index (χ4n) is 2.49. The summed E-state index contributed by atoms with van der Waals surface area (Å²) in [4.78, 5) is 0. The van der Waals surface area contributed by atoms with Gasteiger partial charge in [-0.05, 0) is 36.4 Å². The van der Waals surface area contributed by atoms with Crippen LogP contribution in [0.1, 0.15) is 5.89 Å². The third-order valence-electron chi connectivity index (χ3n) is 3.57. The Kier molecular flexibility index (Phi) is 3.36. The molecule has 2 aromatic heterocycles. The van der Waals surface area contributed by atoms with E-state index < -0.39 is 0 Å². The standard InChI is InChI=1S/C17H10Cl2N2O2/c1-9-20-21-17(23-9)10-2-5-16-13(6-10)14(8-22-16)12-7-11(18)3-4-15(12)19/h2-8H,1H3. The van der Waals surface area contributed by atoms with Gasteiger partial charge >= 0.3 is 0 Å². The van der Waals surface area contributed by atoms with Crippen LogP contribution in [0.2, 0.25) is 10.0 Å². The van der Waals surface area contributed by atoms with Crippen LogP contribution in [-0.2, 0) is 0 Å². The third-order valence-corrected chi connectivity index (χ3v) is 4.13. The number of nitrogens with zero attached hydrogens (tertiary/aromatic N) is 2. The lowest BCUT2D eigenvalue weighted by Crippen LogP contribution is -1.81. The average Bonchev–Trinajstić information content (AvgIpc) is 3.15. The molecule has 0 aliphatic rings. The van der Waals surface area contributed by atoms with Crippen molar-refractivity contribution in [2.45, 2.75) is 6.92 Å². The van der Waals surface area contributed by atoms with Crippen LogP contribution in [0.4, 0.5) is 0 Å². The van der Waals surface area contributed by atoms with Crippen molar-refractivity contribution in [1.82, 2.24) is 10.2 Å². The lowest BCUT2D eigenvalue weighted by Gasteiger charge is -2.03. The maximum absolute atomic E-state index is 6.31. The van der Waals surface area contributed by atoms with Gasteiger partial charge in [0.1, 0.15) is 5.58 Å². The van der Waals surface area contributed by atoms with Gasteiger partial charge in [-0.25, -0.2) is 0 Å². The summed E-state index contributed by atoms with van der Waals surface area (Å²) in [5, 5.41) is 10.0. The zero-order chi connectivity index (χ0) is 16.0. The molecule has 2 aromatic carbocycles. The molecule has 4 nitrogen and oxygen atoms in total. The van der Waals surface area contributed by atoms with Crippen molar-refractivity contribution in [3.63, 3.8) is 0 Å². The van der Waals surface area contributed by atoms with Gasteiger partial charge < -0.3 is 8.83 Å². The van der Waals surface area contributed by atoms with E-state index in [0.717, 1.165) is 27.7 Å². The van der Waals surface area contributed by atoms with Crippen LogP contribution < -0.4 is 0 Å². The number of fused-ring (bicyclic) bond motifs is 1. The van der Waals surface area contributed by atoms with Crippen molar-refractivity contribution in [3.8, 4) is 22.6 Å². The summed E-state index contributed by atoms with van der Waals surface area (Å²) in [6.45, 7) is 1.75. The number of hydrogen-bond acceptors (Lipinski definition) is 4. The summed E-state index contributed by atoms with van der Waals surface area (Å²) >= 11 is 12.4. The second-order valence-corrected chi connectivity index (χ2v) is 5.95. The summed E-state index contributed by atoms with van der Waals surface area (Å²) in [6.07, 6.45) is 1.67. The minimum absolute atomic E-state index is 0.466. The van der Waals surface area contributed by atoms with Gasteiger partial charge in [0, 0.05) is 39.0 Å². The van der Waals surface area contributed by atoms with E-state index in [2.05, 4.69) is 10.2 Å². The predicted molar refractivity (Wildman–Crippen MR) is 89.7 cm³/mol. The summed E-state index contributed by atoms with van der Waals surface area (Å²) < 4.78 is 11.1. The topological polar surface area (TPSA) is 52.1 Å². The molecule has 0 N–H and O–H groups in total. The number of benzene rings is 2. The maximum atomic E-state index is 6.31. The van der Waals surface area contributed by atoms with Gasteiger partial charge in [-0.2, -0.15) is 0 Å². The minimum atomic E-state index is 0.466. The monoisotopic (exact) mass is 344 g/mol. The largest absolute Gasteiger partial charge is 0.464 e. The molecule has 6 heteroatoms. The van der Waals surface area contributed by atoms with Crippen molar-refractivity contribution < 1.29 is 8.83 Å². The number of halogens is 2. The Balaban J connectivity index is 1.93. The molecule has 0 bridgehead atoms. The van der Waals surface area contributed by atoms with E-state index in [1.807, 2.05) is 24.3 Å². The summed E-state index contributed by atoms with van der Waals surface area (Å²) in [5.74, 6) is 0.985. The Hall–Kier alpha value is -2.30. The van der Waals surface area contributed by atoms with Crippen LogP contribution in [0.3, 0.4) is 0 Å². The van der Waals surface area contributed by atoms with Gasteiger partial charge in [0.2, 0.25) is 11.8 Å². The zero-order valence-electron chi connectivity index (χ0n) is 12.0. The first kappa shape index (κ1) is 14.3. The first-order chi connectivity index (χ1) is 11.1. The highest BCUT2D eigenvalue weighted by Crippen LogP contribution is 2.37. The quantitative estimate of drug-likeness (QED) is 0.463. The number of furan rings is 1. The van der Waals surface area contributed by atoms with Crippen molar-refractivity contribution in [1.29, 1.82) is 0 Å². The van der Waals surface area contributed by atoms with Crippen LogP contribution in [-0.4, -0.2) is 10.2 Å². The lowest BCUT2D eigenvalue weighted by molar-refractivity contribution is 0.533. The van der Waals surface area contributed by atoms with E-state index in [1.54, 1.807) is 25.3 Å². The van der Waals surface area contributed by atoms with Gasteiger partial charge in [0.05, 0.1) is 6.26 Å². The molecule has 0 spiro atoms. The average molecular weight is 345 g/mol. The molecule has 0 atom stereocenters. The molecule has 114 valence electrons. The smallest absolute Gasteiger partial charge is 0.247 e. The Labute approximate surface area is 141 Å². The van der Waals surface area contributed by atoms with Gasteiger partial charge in [0.15, 0.2) is 0 Å². The highest BCUT2D eigenvalue weighted by atomic mass is 35.5. The first-order valence-electron chi connectivity index (χ1n) is 6.89. The fourth-order valence-corrected chi connectivity index (χ4v) is 2.88. The Morgan fingerprint density at radius 2 is 1.83 bits per heavy atom. The molecule has 0 amide bonds. The molecular weight excluding hydrogens is 335 g/mol. The molecule has 0 aliphatic heterocycles. The molecule has 23 heavy (non-hydrogen) atoms. The van der Waals surface area contributed by atoms with Gasteiger partial charge in [-0.3, -0.25) is 0 Å². The molecule has 0 saturated carbocycles. The number of rotatable bonds is 2. The molecular formula is C17H10Cl2N2O2. The van der Waals surface area contributed by atoms with Crippen molar-refractivity contribution in [2.24, 2.45) is 0 Å². The Morgan fingerprint density at radius 3 is 2.61 bits per heavy atom. The van der Waals surface area contributed by atoms with Crippen LogP contribution in [0.25, 0.3) is 33.6 Å². The predicted octanol–water partition coefficient (Wildman–Crippen LogP) is 5.77. The second kappa shape index (κ2) is 5.41. The second-order valence-electron chi connectivity index (χ2n) is 5.11. The van der Waals surface area contributed by atoms with Crippen molar-refractivity contribution in [2.75, 3.05) is 0 Å². The Morgan fingerprint density at radius 1 is 0.957 bits per heavy atom. The van der Waals surface area contributed by atoms with E-state index in [-0.39, 0.29) is 0 Å². The molecule has 0 unspecified atom stereocenters. The number of aromatic nitrogens is 2. The van der Waals surface area contributed by atoms with Gasteiger partial charge in [0.25, 0.3) is 0 Å². The Bertz CT molecular complexity index is 1020.